The smallest absolute Gasteiger partial charge is 0.215 e. The number of aromatic hydroxyl groups is 21. The molecule has 0 aromatic heterocycles. The molecule has 28 nitrogen and oxygen atoms in total. The van der Waals surface area contributed by atoms with Gasteiger partial charge in [0.2, 0.25) is 80.5 Å². The minimum Gasteiger partial charge on any atom is -0.508 e. The van der Waals surface area contributed by atoms with E-state index in [9.17, 15) is 107 Å². The van der Waals surface area contributed by atoms with Crippen LogP contribution in [-0.4, -0.2) is 107 Å². The summed E-state index contributed by atoms with van der Waals surface area (Å²) in [6.45, 7) is 0. The van der Waals surface area contributed by atoms with Gasteiger partial charge in [-0.3, -0.25) is 0 Å². The fourth-order valence-corrected chi connectivity index (χ4v) is 6.65. The Morgan fingerprint density at radius 1 is 0.171 bits per heavy atom. The van der Waals surface area contributed by atoms with Crippen LogP contribution in [0.3, 0.4) is 0 Å². The molecule has 0 saturated heterocycles. The Bertz CT molecular complexity index is 3570. The lowest BCUT2D eigenvalue weighted by molar-refractivity contribution is 0.318. The minimum atomic E-state index is -1.29. The zero-order chi connectivity index (χ0) is 55.3. The molecule has 0 fully saturated rings. The van der Waals surface area contributed by atoms with Gasteiger partial charge in [-0.25, -0.2) is 0 Å². The summed E-state index contributed by atoms with van der Waals surface area (Å²) < 4.78 is 38.6. The second-order valence-corrected chi connectivity index (χ2v) is 15.5. The highest BCUT2D eigenvalue weighted by Crippen LogP contribution is 2.59. The second kappa shape index (κ2) is 19.1. The normalized spacial score (nSPS) is 10.9. The third-order valence-corrected chi connectivity index (χ3v) is 10.2. The standard InChI is InChI=1S/C48H34O28/c49-14-1-25(56)43(26(57)2-14)70-18-5-21(52)36(63)31(10-18)74-32-11-22(53)37(64)40(67)46(32)72-16-6-27(58)44(28(59)7-16)76-34-13-24(55)39(66)42(69)48(34)73-17-8-29(60)45(30(61)9-17)75-33-12-23(54)38(65)41(68)47(33)71-15-3-19(50)35(62)20(51)4-15/h1-13,49-69H. The van der Waals surface area contributed by atoms with Gasteiger partial charge >= 0.3 is 0 Å². The molecule has 0 unspecified atom stereocenters. The van der Waals surface area contributed by atoms with E-state index in [4.69, 9.17) is 33.2 Å². The molecule has 0 bridgehead atoms. The lowest BCUT2D eigenvalue weighted by atomic mass is 10.2. The molecule has 21 N–H and O–H groups in total. The molecule has 8 aromatic rings. The summed E-state index contributed by atoms with van der Waals surface area (Å²) in [5, 5.41) is 219. The van der Waals surface area contributed by atoms with Crippen LogP contribution in [0.2, 0.25) is 0 Å². The Labute approximate surface area is 419 Å². The molecule has 0 radical (unpaired) electrons. The van der Waals surface area contributed by atoms with Gasteiger partial charge in [0.25, 0.3) is 0 Å². The quantitative estimate of drug-likeness (QED) is 0.0458. The highest BCUT2D eigenvalue weighted by atomic mass is 16.6. The first kappa shape index (κ1) is 50.5. The number of benzene rings is 8. The summed E-state index contributed by atoms with van der Waals surface area (Å²) >= 11 is 0. The maximum absolute atomic E-state index is 11.1. The van der Waals surface area contributed by atoms with Crippen LogP contribution in [0.4, 0.5) is 0 Å². The number of ether oxygens (including phenoxy) is 7. The van der Waals surface area contributed by atoms with E-state index in [1.807, 2.05) is 0 Å². The van der Waals surface area contributed by atoms with E-state index in [2.05, 4.69) is 0 Å². The fraction of sp³-hybridized carbons (Fsp3) is 0. The predicted molar refractivity (Wildman–Crippen MR) is 247 cm³/mol. The molecule has 0 saturated carbocycles. The van der Waals surface area contributed by atoms with Crippen LogP contribution in [0.5, 0.6) is 201 Å². The van der Waals surface area contributed by atoms with Crippen molar-refractivity contribution in [2.24, 2.45) is 0 Å². The Hall–Kier alpha value is -11.8. The van der Waals surface area contributed by atoms with Gasteiger partial charge in [0.15, 0.2) is 92.0 Å². The molecule has 0 aliphatic heterocycles. The van der Waals surface area contributed by atoms with Crippen LogP contribution in [0, 0.1) is 0 Å². The Balaban J connectivity index is 1.07. The predicted octanol–water partition coefficient (Wildman–Crippen LogP) is 8.05. The van der Waals surface area contributed by atoms with Gasteiger partial charge in [-0.05, 0) is 0 Å². The summed E-state index contributed by atoms with van der Waals surface area (Å²) in [5.41, 5.74) is 0. The molecule has 28 heteroatoms. The third kappa shape index (κ3) is 9.53. The minimum absolute atomic E-state index is 0.441. The van der Waals surface area contributed by atoms with Crippen LogP contribution in [-0.2, 0) is 0 Å². The highest BCUT2D eigenvalue weighted by Gasteiger charge is 2.29. The van der Waals surface area contributed by atoms with E-state index in [1.54, 1.807) is 0 Å². The highest BCUT2D eigenvalue weighted by molar-refractivity contribution is 5.71. The molecular formula is C48H34O28. The van der Waals surface area contributed by atoms with Gasteiger partial charge in [0.05, 0.1) is 0 Å². The Morgan fingerprint density at radius 2 is 0.421 bits per heavy atom. The Kier molecular flexibility index (Phi) is 12.7. The summed E-state index contributed by atoms with van der Waals surface area (Å²) in [6, 6.07) is 9.39. The van der Waals surface area contributed by atoms with Gasteiger partial charge in [-0.2, -0.15) is 0 Å². The van der Waals surface area contributed by atoms with Crippen molar-refractivity contribution < 1.29 is 140 Å². The largest absolute Gasteiger partial charge is 0.508 e. The van der Waals surface area contributed by atoms with Gasteiger partial charge in [0.1, 0.15) is 28.7 Å². The molecule has 0 spiro atoms. The van der Waals surface area contributed by atoms with Crippen molar-refractivity contribution in [2.75, 3.05) is 0 Å². The molecule has 8 aromatic carbocycles. The maximum atomic E-state index is 11.1. The number of phenols is 21. The summed E-state index contributed by atoms with van der Waals surface area (Å²) in [5.74, 6) is -32.0. The SMILES string of the molecule is Oc1cc(O)c(Oc2cc(O)c(O)c(Oc3cc(O)c(O)c(O)c3Oc3cc(O)c(Oc4cc(O)c(O)c(O)c4Oc4cc(O)c(Oc5cc(O)c(O)c(O)c5Oc5cc(O)c(O)c(O)c5)c(O)c4)c(O)c3)c2)c(O)c1. The molecule has 0 atom stereocenters. The van der Waals surface area contributed by atoms with Crippen molar-refractivity contribution in [3.63, 3.8) is 0 Å². The average molecular weight is 1060 g/mol. The molecule has 76 heavy (non-hydrogen) atoms. The van der Waals surface area contributed by atoms with Crippen molar-refractivity contribution in [2.45, 2.75) is 0 Å². The fourth-order valence-electron chi connectivity index (χ4n) is 6.65. The van der Waals surface area contributed by atoms with Crippen LogP contribution >= 0.6 is 0 Å². The van der Waals surface area contributed by atoms with Crippen molar-refractivity contribution in [1.82, 2.24) is 0 Å². The van der Waals surface area contributed by atoms with Crippen molar-refractivity contribution >= 4 is 0 Å². The van der Waals surface area contributed by atoms with Crippen LogP contribution in [0.25, 0.3) is 0 Å². The van der Waals surface area contributed by atoms with E-state index >= 15 is 0 Å². The Morgan fingerprint density at radius 3 is 0.776 bits per heavy atom. The zero-order valence-electron chi connectivity index (χ0n) is 37.3. The van der Waals surface area contributed by atoms with Crippen LogP contribution in [0.1, 0.15) is 0 Å². The monoisotopic (exact) mass is 1060 g/mol. The molecule has 0 aliphatic rings. The average Bonchev–Trinajstić information content (AvgIpc) is 3.35. The van der Waals surface area contributed by atoms with Crippen molar-refractivity contribution in [1.29, 1.82) is 0 Å². The van der Waals surface area contributed by atoms with Crippen molar-refractivity contribution in [3.8, 4) is 201 Å². The summed E-state index contributed by atoms with van der Waals surface area (Å²) in [4.78, 5) is 0. The van der Waals surface area contributed by atoms with Gasteiger partial charge in [-0.1, -0.05) is 0 Å². The van der Waals surface area contributed by atoms with E-state index < -0.39 is 201 Å². The number of hydrogen-bond acceptors (Lipinski definition) is 28. The molecule has 394 valence electrons. The number of rotatable bonds is 14. The van der Waals surface area contributed by atoms with Crippen LogP contribution < -0.4 is 33.2 Å². The van der Waals surface area contributed by atoms with E-state index in [1.165, 1.54) is 0 Å². The molecule has 0 heterocycles. The third-order valence-electron chi connectivity index (χ3n) is 10.2. The van der Waals surface area contributed by atoms with Gasteiger partial charge in [0, 0.05) is 78.9 Å². The first-order valence-corrected chi connectivity index (χ1v) is 20.6. The zero-order valence-corrected chi connectivity index (χ0v) is 37.3. The lowest BCUT2D eigenvalue weighted by Crippen LogP contribution is -1.95. The second-order valence-electron chi connectivity index (χ2n) is 15.5. The van der Waals surface area contributed by atoms with Gasteiger partial charge in [-0.15, -0.1) is 0 Å². The number of hydrogen-bond donors (Lipinski definition) is 21. The summed E-state index contributed by atoms with van der Waals surface area (Å²) in [6.07, 6.45) is 0. The first-order valence-electron chi connectivity index (χ1n) is 20.6. The van der Waals surface area contributed by atoms with Crippen LogP contribution in [0.15, 0.2) is 78.9 Å². The molecule has 0 aliphatic carbocycles. The van der Waals surface area contributed by atoms with Gasteiger partial charge < -0.3 is 140 Å². The van der Waals surface area contributed by atoms with E-state index in [0.717, 1.165) is 36.4 Å². The first-order chi connectivity index (χ1) is 35.8. The van der Waals surface area contributed by atoms with Crippen molar-refractivity contribution in [3.05, 3.63) is 78.9 Å². The number of phenolic OH excluding ortho intramolecular Hbond substituents is 21. The maximum Gasteiger partial charge on any atom is 0.215 e. The van der Waals surface area contributed by atoms with E-state index in [0.29, 0.717) is 42.5 Å². The molecule has 8 rings (SSSR count). The summed E-state index contributed by atoms with van der Waals surface area (Å²) in [7, 11) is 0. The van der Waals surface area contributed by atoms with E-state index in [-0.39, 0.29) is 0 Å². The molecule has 0 amide bonds. The molecular weight excluding hydrogens is 1020 g/mol. The topological polar surface area (TPSA) is 489 Å². The lowest BCUT2D eigenvalue weighted by Gasteiger charge is -2.19.